The quantitative estimate of drug-likeness (QED) is 0.794. The van der Waals surface area contributed by atoms with Gasteiger partial charge in [-0.05, 0) is 20.3 Å². The largest absolute Gasteiger partial charge is 0.481 e. The van der Waals surface area contributed by atoms with Crippen molar-refractivity contribution in [1.82, 2.24) is 4.90 Å². The van der Waals surface area contributed by atoms with Gasteiger partial charge in [0.2, 0.25) is 5.91 Å². The molecule has 1 aliphatic rings. The lowest BCUT2D eigenvalue weighted by molar-refractivity contribution is -0.131. The maximum atomic E-state index is 14.4. The molecular formula is C18H19F2NO2. The fourth-order valence-corrected chi connectivity index (χ4v) is 2.52. The van der Waals surface area contributed by atoms with Crippen molar-refractivity contribution in [3.63, 3.8) is 0 Å². The van der Waals surface area contributed by atoms with E-state index < -0.39 is 11.6 Å². The van der Waals surface area contributed by atoms with E-state index in [4.69, 9.17) is 4.74 Å². The summed E-state index contributed by atoms with van der Waals surface area (Å²) in [6, 6.07) is 2.24. The number of halogens is 2. The minimum absolute atomic E-state index is 0.0640. The lowest BCUT2D eigenvalue weighted by Crippen LogP contribution is -2.37. The van der Waals surface area contributed by atoms with E-state index in [9.17, 15) is 13.6 Å². The number of hydrogen-bond donors (Lipinski definition) is 0. The highest BCUT2D eigenvalue weighted by Gasteiger charge is 2.30. The third-order valence-corrected chi connectivity index (χ3v) is 3.72. The van der Waals surface area contributed by atoms with Gasteiger partial charge in [0.25, 0.3) is 0 Å². The van der Waals surface area contributed by atoms with Crippen LogP contribution in [0, 0.1) is 29.4 Å². The van der Waals surface area contributed by atoms with Gasteiger partial charge in [0.05, 0.1) is 11.3 Å². The van der Waals surface area contributed by atoms with Gasteiger partial charge < -0.3 is 9.64 Å². The van der Waals surface area contributed by atoms with Crippen LogP contribution in [0.3, 0.4) is 0 Å². The van der Waals surface area contributed by atoms with Crippen LogP contribution in [-0.4, -0.2) is 24.0 Å². The Labute approximate surface area is 134 Å². The molecule has 0 spiro atoms. The molecule has 2 rings (SSSR count). The monoisotopic (exact) mass is 319 g/mol. The molecule has 0 fully saturated rings. The molecule has 0 saturated heterocycles. The molecule has 0 N–H and O–H groups in total. The molecule has 3 nitrogen and oxygen atoms in total. The summed E-state index contributed by atoms with van der Waals surface area (Å²) in [6.07, 6.45) is 2.17. The van der Waals surface area contributed by atoms with Crippen LogP contribution in [-0.2, 0) is 4.79 Å². The molecule has 1 aliphatic heterocycles. The van der Waals surface area contributed by atoms with Gasteiger partial charge in [-0.1, -0.05) is 18.9 Å². The summed E-state index contributed by atoms with van der Waals surface area (Å²) in [4.78, 5) is 13.6. The minimum Gasteiger partial charge on any atom is -0.481 e. The molecule has 1 unspecified atom stereocenters. The van der Waals surface area contributed by atoms with Crippen molar-refractivity contribution < 1.29 is 18.3 Å². The van der Waals surface area contributed by atoms with E-state index in [0.717, 1.165) is 12.1 Å². The average Bonchev–Trinajstić information content (AvgIpc) is 2.50. The predicted octanol–water partition coefficient (Wildman–Crippen LogP) is 3.60. The average molecular weight is 319 g/mol. The first-order valence-electron chi connectivity index (χ1n) is 7.52. The summed E-state index contributed by atoms with van der Waals surface area (Å²) in [5.74, 6) is 3.56. The van der Waals surface area contributed by atoms with E-state index in [1.54, 1.807) is 26.8 Å². The highest BCUT2D eigenvalue weighted by atomic mass is 19.1. The molecule has 0 bridgehead atoms. The van der Waals surface area contributed by atoms with Crippen molar-refractivity contribution in [2.75, 3.05) is 13.2 Å². The molecule has 1 aromatic carbocycles. The second-order valence-electron chi connectivity index (χ2n) is 5.29. The first-order valence-corrected chi connectivity index (χ1v) is 7.52. The van der Waals surface area contributed by atoms with Crippen LogP contribution in [0.1, 0.15) is 32.8 Å². The molecule has 0 saturated carbocycles. The topological polar surface area (TPSA) is 29.5 Å². The number of benzene rings is 1. The van der Waals surface area contributed by atoms with E-state index in [1.165, 1.54) is 4.90 Å². The van der Waals surface area contributed by atoms with Crippen LogP contribution in [0.25, 0.3) is 5.70 Å². The first kappa shape index (κ1) is 17.0. The Bertz CT molecular complexity index is 678. The van der Waals surface area contributed by atoms with E-state index in [1.807, 2.05) is 0 Å². The predicted molar refractivity (Wildman–Crippen MR) is 84.4 cm³/mol. The molecule has 1 atom stereocenters. The summed E-state index contributed by atoms with van der Waals surface area (Å²) in [7, 11) is 0. The molecule has 0 aromatic heterocycles. The summed E-state index contributed by atoms with van der Waals surface area (Å²) in [5, 5.41) is 0. The second-order valence-corrected chi connectivity index (χ2v) is 5.29. The van der Waals surface area contributed by atoms with Crippen LogP contribution in [0.2, 0.25) is 0 Å². The van der Waals surface area contributed by atoms with Gasteiger partial charge in [0.1, 0.15) is 24.0 Å². The third-order valence-electron chi connectivity index (χ3n) is 3.72. The van der Waals surface area contributed by atoms with Crippen LogP contribution in [0.4, 0.5) is 8.78 Å². The fourth-order valence-electron chi connectivity index (χ4n) is 2.52. The van der Waals surface area contributed by atoms with E-state index in [-0.39, 0.29) is 35.4 Å². The van der Waals surface area contributed by atoms with Crippen LogP contribution < -0.4 is 4.74 Å². The van der Waals surface area contributed by atoms with Gasteiger partial charge in [-0.15, -0.1) is 5.92 Å². The van der Waals surface area contributed by atoms with Crippen molar-refractivity contribution in [3.05, 3.63) is 35.4 Å². The van der Waals surface area contributed by atoms with Gasteiger partial charge in [-0.3, -0.25) is 4.79 Å². The number of nitrogens with zero attached hydrogens (tertiary/aromatic N) is 1. The molecule has 0 aliphatic carbocycles. The zero-order chi connectivity index (χ0) is 17.0. The number of carbonyl (C=O) groups is 1. The van der Waals surface area contributed by atoms with E-state index in [2.05, 4.69) is 11.8 Å². The smallest absolute Gasteiger partial charge is 0.230 e. The highest BCUT2D eigenvalue weighted by molar-refractivity contribution is 5.90. The second kappa shape index (κ2) is 7.28. The van der Waals surface area contributed by atoms with Crippen molar-refractivity contribution in [2.45, 2.75) is 27.2 Å². The maximum Gasteiger partial charge on any atom is 0.230 e. The van der Waals surface area contributed by atoms with Crippen molar-refractivity contribution in [2.24, 2.45) is 5.92 Å². The SMILES string of the molecule is CC#CCOc1cc(F)c(C2=CCC(C)C(=O)N2CC)c(F)c1. The lowest BCUT2D eigenvalue weighted by atomic mass is 9.96. The number of amides is 1. The maximum absolute atomic E-state index is 14.4. The normalized spacial score (nSPS) is 17.4. The van der Waals surface area contributed by atoms with Crippen LogP contribution in [0.5, 0.6) is 5.75 Å². The Balaban J connectivity index is 2.39. The Morgan fingerprint density at radius 1 is 1.35 bits per heavy atom. The zero-order valence-corrected chi connectivity index (χ0v) is 13.5. The summed E-state index contributed by atoms with van der Waals surface area (Å²) in [6.45, 7) is 5.66. The Kier molecular flexibility index (Phi) is 5.38. The standard InChI is InChI=1S/C18H19F2NO2/c1-4-6-9-23-13-10-14(19)17(15(20)11-13)16-8-7-12(3)18(22)21(16)5-2/h8,10-12H,5,7,9H2,1-3H3. The van der Waals surface area contributed by atoms with Gasteiger partial charge >= 0.3 is 0 Å². The number of carbonyl (C=O) groups excluding carboxylic acids is 1. The number of ether oxygens (including phenoxy) is 1. The number of allylic oxidation sites excluding steroid dienone is 1. The first-order chi connectivity index (χ1) is 11.0. The van der Waals surface area contributed by atoms with Crippen molar-refractivity contribution in [3.8, 4) is 17.6 Å². The molecule has 23 heavy (non-hydrogen) atoms. The summed E-state index contributed by atoms with van der Waals surface area (Å²) >= 11 is 0. The van der Waals surface area contributed by atoms with Crippen molar-refractivity contribution >= 4 is 11.6 Å². The molecule has 1 amide bonds. The van der Waals surface area contributed by atoms with E-state index >= 15 is 0 Å². The Morgan fingerprint density at radius 3 is 2.57 bits per heavy atom. The molecule has 122 valence electrons. The molecule has 5 heteroatoms. The van der Waals surface area contributed by atoms with Gasteiger partial charge in [-0.2, -0.15) is 0 Å². The van der Waals surface area contributed by atoms with Crippen LogP contribution in [0.15, 0.2) is 18.2 Å². The molecule has 1 heterocycles. The van der Waals surface area contributed by atoms with E-state index in [0.29, 0.717) is 13.0 Å². The molecule has 0 radical (unpaired) electrons. The minimum atomic E-state index is -0.753. The highest BCUT2D eigenvalue weighted by Crippen LogP contribution is 2.33. The van der Waals surface area contributed by atoms with Gasteiger partial charge in [-0.25, -0.2) is 8.78 Å². The molecule has 1 aromatic rings. The number of rotatable bonds is 4. The number of hydrogen-bond acceptors (Lipinski definition) is 2. The zero-order valence-electron chi connectivity index (χ0n) is 13.5. The Morgan fingerprint density at radius 2 is 2.00 bits per heavy atom. The molecular weight excluding hydrogens is 300 g/mol. The fraction of sp³-hybridized carbons (Fsp3) is 0.389. The van der Waals surface area contributed by atoms with Gasteiger partial charge in [0, 0.05) is 24.6 Å². The van der Waals surface area contributed by atoms with Crippen molar-refractivity contribution in [1.29, 1.82) is 0 Å². The van der Waals surface area contributed by atoms with Crippen LogP contribution >= 0.6 is 0 Å². The Hall–Kier alpha value is -2.35. The van der Waals surface area contributed by atoms with Gasteiger partial charge in [0.15, 0.2) is 0 Å². The summed E-state index contributed by atoms with van der Waals surface area (Å²) < 4.78 is 34.0. The summed E-state index contributed by atoms with van der Waals surface area (Å²) in [5.41, 5.74) is 0.0894. The third kappa shape index (κ3) is 3.53. The lowest BCUT2D eigenvalue weighted by Gasteiger charge is -2.31.